The molecule has 0 spiro atoms. The van der Waals surface area contributed by atoms with Gasteiger partial charge in [-0.1, -0.05) is 0 Å². The van der Waals surface area contributed by atoms with Crippen molar-refractivity contribution in [2.24, 2.45) is 5.73 Å². The lowest BCUT2D eigenvalue weighted by atomic mass is 10.1. The molecule has 1 aromatic carbocycles. The van der Waals surface area contributed by atoms with Crippen molar-refractivity contribution in [2.75, 3.05) is 11.4 Å². The molecule has 2 rings (SSSR count). The van der Waals surface area contributed by atoms with Crippen LogP contribution in [0, 0.1) is 17.1 Å². The Morgan fingerprint density at radius 2 is 2.31 bits per heavy atom. The van der Waals surface area contributed by atoms with Crippen LogP contribution < -0.4 is 10.6 Å². The summed E-state index contributed by atoms with van der Waals surface area (Å²) in [4.78, 5) is 1.96. The SMILES string of the molecule is CC1C(N)CCN1c1ccc(C#N)cc1F. The van der Waals surface area contributed by atoms with Gasteiger partial charge in [-0.2, -0.15) is 5.26 Å². The van der Waals surface area contributed by atoms with Gasteiger partial charge in [-0.3, -0.25) is 0 Å². The fourth-order valence-electron chi connectivity index (χ4n) is 2.11. The van der Waals surface area contributed by atoms with E-state index in [0.717, 1.165) is 13.0 Å². The molecule has 0 aromatic heterocycles. The quantitative estimate of drug-likeness (QED) is 0.781. The van der Waals surface area contributed by atoms with E-state index in [0.29, 0.717) is 11.3 Å². The van der Waals surface area contributed by atoms with Gasteiger partial charge in [0.2, 0.25) is 0 Å². The molecule has 0 saturated carbocycles. The molecule has 1 heterocycles. The zero-order chi connectivity index (χ0) is 11.7. The molecule has 1 saturated heterocycles. The number of rotatable bonds is 1. The maximum Gasteiger partial charge on any atom is 0.147 e. The summed E-state index contributed by atoms with van der Waals surface area (Å²) in [6.07, 6.45) is 0.876. The third-order valence-corrected chi connectivity index (χ3v) is 3.20. The first-order valence-electron chi connectivity index (χ1n) is 5.35. The van der Waals surface area contributed by atoms with Crippen LogP contribution in [-0.2, 0) is 0 Å². The second kappa shape index (κ2) is 4.11. The Balaban J connectivity index is 2.32. The number of hydrogen-bond acceptors (Lipinski definition) is 3. The van der Waals surface area contributed by atoms with Crippen LogP contribution in [0.15, 0.2) is 18.2 Å². The third kappa shape index (κ3) is 1.74. The van der Waals surface area contributed by atoms with Crippen molar-refractivity contribution < 1.29 is 4.39 Å². The third-order valence-electron chi connectivity index (χ3n) is 3.20. The van der Waals surface area contributed by atoms with Gasteiger partial charge in [-0.15, -0.1) is 0 Å². The molecule has 2 N–H and O–H groups in total. The second-order valence-electron chi connectivity index (χ2n) is 4.16. The molecule has 1 aliphatic rings. The highest BCUT2D eigenvalue weighted by molar-refractivity contribution is 5.53. The number of halogens is 1. The van der Waals surface area contributed by atoms with E-state index in [-0.39, 0.29) is 17.9 Å². The number of anilines is 1. The monoisotopic (exact) mass is 219 g/mol. The van der Waals surface area contributed by atoms with Gasteiger partial charge >= 0.3 is 0 Å². The summed E-state index contributed by atoms with van der Waals surface area (Å²) in [6.45, 7) is 2.76. The van der Waals surface area contributed by atoms with Crippen molar-refractivity contribution in [1.29, 1.82) is 5.26 Å². The summed E-state index contributed by atoms with van der Waals surface area (Å²) < 4.78 is 13.8. The molecular formula is C12H14FN3. The van der Waals surface area contributed by atoms with Crippen LogP contribution in [0.3, 0.4) is 0 Å². The fraction of sp³-hybridized carbons (Fsp3) is 0.417. The normalized spacial score (nSPS) is 24.5. The number of hydrogen-bond donors (Lipinski definition) is 1. The summed E-state index contributed by atoms with van der Waals surface area (Å²) in [5.41, 5.74) is 6.78. The second-order valence-corrected chi connectivity index (χ2v) is 4.16. The predicted molar refractivity (Wildman–Crippen MR) is 60.5 cm³/mol. The van der Waals surface area contributed by atoms with Gasteiger partial charge in [-0.05, 0) is 31.5 Å². The Bertz CT molecular complexity index is 438. The Morgan fingerprint density at radius 1 is 1.56 bits per heavy atom. The largest absolute Gasteiger partial charge is 0.365 e. The van der Waals surface area contributed by atoms with E-state index >= 15 is 0 Å². The molecule has 16 heavy (non-hydrogen) atoms. The first-order chi connectivity index (χ1) is 7.63. The molecule has 3 nitrogen and oxygen atoms in total. The highest BCUT2D eigenvalue weighted by Crippen LogP contribution is 2.27. The Labute approximate surface area is 94.3 Å². The molecule has 1 aromatic rings. The summed E-state index contributed by atoms with van der Waals surface area (Å²) in [5, 5.41) is 8.66. The van der Waals surface area contributed by atoms with E-state index in [1.807, 2.05) is 17.9 Å². The molecule has 0 amide bonds. The Kier molecular flexibility index (Phi) is 2.80. The Morgan fingerprint density at radius 3 is 2.81 bits per heavy atom. The Hall–Kier alpha value is -1.60. The molecular weight excluding hydrogens is 205 g/mol. The highest BCUT2D eigenvalue weighted by atomic mass is 19.1. The number of nitrogens with two attached hydrogens (primary N) is 1. The lowest BCUT2D eigenvalue weighted by molar-refractivity contribution is 0.595. The molecule has 2 atom stereocenters. The van der Waals surface area contributed by atoms with Crippen LogP contribution in [0.25, 0.3) is 0 Å². The van der Waals surface area contributed by atoms with Crippen LogP contribution in [0.4, 0.5) is 10.1 Å². The van der Waals surface area contributed by atoms with Crippen molar-refractivity contribution in [3.05, 3.63) is 29.6 Å². The van der Waals surface area contributed by atoms with E-state index in [1.54, 1.807) is 12.1 Å². The van der Waals surface area contributed by atoms with Crippen molar-refractivity contribution in [1.82, 2.24) is 0 Å². The molecule has 84 valence electrons. The van der Waals surface area contributed by atoms with Gasteiger partial charge < -0.3 is 10.6 Å². The van der Waals surface area contributed by atoms with Crippen molar-refractivity contribution in [3.63, 3.8) is 0 Å². The summed E-state index contributed by atoms with van der Waals surface area (Å²) in [7, 11) is 0. The minimum Gasteiger partial charge on any atom is -0.365 e. The molecule has 2 unspecified atom stereocenters. The smallest absolute Gasteiger partial charge is 0.147 e. The summed E-state index contributed by atoms with van der Waals surface area (Å²) in [6, 6.07) is 6.71. The van der Waals surface area contributed by atoms with Gasteiger partial charge in [0.1, 0.15) is 5.82 Å². The van der Waals surface area contributed by atoms with Crippen molar-refractivity contribution >= 4 is 5.69 Å². The average Bonchev–Trinajstić information content (AvgIpc) is 2.60. The zero-order valence-corrected chi connectivity index (χ0v) is 9.15. The summed E-state index contributed by atoms with van der Waals surface area (Å²) in [5.74, 6) is -0.347. The van der Waals surface area contributed by atoms with Crippen LogP contribution in [0.5, 0.6) is 0 Å². The van der Waals surface area contributed by atoms with Crippen LogP contribution in [-0.4, -0.2) is 18.6 Å². The van der Waals surface area contributed by atoms with E-state index < -0.39 is 0 Å². The highest BCUT2D eigenvalue weighted by Gasteiger charge is 2.29. The van der Waals surface area contributed by atoms with E-state index in [4.69, 9.17) is 11.0 Å². The van der Waals surface area contributed by atoms with E-state index in [2.05, 4.69) is 0 Å². The molecule has 0 bridgehead atoms. The van der Waals surface area contributed by atoms with Crippen molar-refractivity contribution in [2.45, 2.75) is 25.4 Å². The molecule has 1 aliphatic heterocycles. The molecule has 0 aliphatic carbocycles. The lowest BCUT2D eigenvalue weighted by Gasteiger charge is -2.25. The van der Waals surface area contributed by atoms with E-state index in [9.17, 15) is 4.39 Å². The van der Waals surface area contributed by atoms with Crippen molar-refractivity contribution in [3.8, 4) is 6.07 Å². The average molecular weight is 219 g/mol. The van der Waals surface area contributed by atoms with E-state index in [1.165, 1.54) is 6.07 Å². The fourth-order valence-corrected chi connectivity index (χ4v) is 2.11. The predicted octanol–water partition coefficient (Wildman–Crippen LogP) is 1.62. The first-order valence-corrected chi connectivity index (χ1v) is 5.35. The molecule has 1 fully saturated rings. The van der Waals surface area contributed by atoms with Gasteiger partial charge in [-0.25, -0.2) is 4.39 Å². The molecule has 4 heteroatoms. The zero-order valence-electron chi connectivity index (χ0n) is 9.15. The molecule has 0 radical (unpaired) electrons. The number of nitriles is 1. The maximum atomic E-state index is 13.8. The van der Waals surface area contributed by atoms with Gasteiger partial charge in [0, 0.05) is 18.6 Å². The number of benzene rings is 1. The lowest BCUT2D eigenvalue weighted by Crippen LogP contribution is -2.37. The minimum atomic E-state index is -0.347. The standard InChI is InChI=1S/C12H14FN3/c1-8-11(15)4-5-16(8)12-3-2-9(7-14)6-10(12)13/h2-3,6,8,11H,4-5,15H2,1H3. The number of nitrogens with zero attached hydrogens (tertiary/aromatic N) is 2. The maximum absolute atomic E-state index is 13.8. The minimum absolute atomic E-state index is 0.0926. The van der Waals surface area contributed by atoms with Gasteiger partial charge in [0.25, 0.3) is 0 Å². The van der Waals surface area contributed by atoms with Crippen LogP contribution >= 0.6 is 0 Å². The first kappa shape index (κ1) is 10.9. The summed E-state index contributed by atoms with van der Waals surface area (Å²) >= 11 is 0. The topological polar surface area (TPSA) is 53.0 Å². The van der Waals surface area contributed by atoms with Crippen LogP contribution in [0.2, 0.25) is 0 Å². The van der Waals surface area contributed by atoms with Gasteiger partial charge in [0.15, 0.2) is 0 Å². The van der Waals surface area contributed by atoms with Crippen LogP contribution in [0.1, 0.15) is 18.9 Å². The van der Waals surface area contributed by atoms with Gasteiger partial charge in [0.05, 0.1) is 17.3 Å².